The zero-order valence-corrected chi connectivity index (χ0v) is 18.7. The van der Waals surface area contributed by atoms with Crippen molar-refractivity contribution in [2.45, 2.75) is 50.5 Å². The van der Waals surface area contributed by atoms with Crippen molar-refractivity contribution in [3.63, 3.8) is 0 Å². The molecule has 2 aromatic rings. The number of ether oxygens (including phenoxy) is 1. The van der Waals surface area contributed by atoms with Crippen LogP contribution in [0, 0.1) is 0 Å². The molecule has 0 bridgehead atoms. The lowest BCUT2D eigenvalue weighted by molar-refractivity contribution is -0.0704. The van der Waals surface area contributed by atoms with Gasteiger partial charge in [0.15, 0.2) is 5.76 Å². The Morgan fingerprint density at radius 2 is 1.74 bits per heavy atom. The molecule has 1 aromatic heterocycles. The summed E-state index contributed by atoms with van der Waals surface area (Å²) in [6.45, 7) is 7.40. The maximum Gasteiger partial charge on any atom is 0.291 e. The number of hydrogen-bond donors (Lipinski definition) is 1. The summed E-state index contributed by atoms with van der Waals surface area (Å²) in [5.74, 6) is -0.500. The molecule has 0 radical (unpaired) electrons. The summed E-state index contributed by atoms with van der Waals surface area (Å²) < 4.78 is 37.9. The number of carbonyl (C=O) groups excluding carboxylic acids is 1. The van der Waals surface area contributed by atoms with Gasteiger partial charge in [-0.1, -0.05) is 18.2 Å². The molecule has 2 fully saturated rings. The van der Waals surface area contributed by atoms with Crippen LogP contribution < -0.4 is 5.32 Å². The fourth-order valence-corrected chi connectivity index (χ4v) is 5.68. The SMILES string of the molecule is CC1CN(Cc2ccccc2NC(=O)c2ccc(S(=O)(=O)N3CCCC3)o2)CC(C)O1. The maximum absolute atomic E-state index is 12.8. The zero-order chi connectivity index (χ0) is 22.0. The van der Waals surface area contributed by atoms with Crippen LogP contribution in [0.25, 0.3) is 0 Å². The Kier molecular flexibility index (Phi) is 6.47. The van der Waals surface area contributed by atoms with Crippen LogP contribution in [0.15, 0.2) is 45.9 Å². The predicted octanol–water partition coefficient (Wildman–Crippen LogP) is 2.93. The number of anilines is 1. The van der Waals surface area contributed by atoms with Crippen LogP contribution in [0.5, 0.6) is 0 Å². The molecule has 2 aliphatic heterocycles. The van der Waals surface area contributed by atoms with Crippen LogP contribution in [-0.2, 0) is 21.3 Å². The van der Waals surface area contributed by atoms with Gasteiger partial charge in [-0.2, -0.15) is 4.31 Å². The minimum absolute atomic E-state index is 0.0267. The van der Waals surface area contributed by atoms with Crippen molar-refractivity contribution in [2.75, 3.05) is 31.5 Å². The molecule has 2 aliphatic rings. The van der Waals surface area contributed by atoms with E-state index in [1.165, 1.54) is 16.4 Å². The van der Waals surface area contributed by atoms with Crippen LogP contribution >= 0.6 is 0 Å². The van der Waals surface area contributed by atoms with Gasteiger partial charge in [-0.15, -0.1) is 0 Å². The van der Waals surface area contributed by atoms with E-state index in [0.717, 1.165) is 31.5 Å². The van der Waals surface area contributed by atoms with Crippen molar-refractivity contribution in [1.82, 2.24) is 9.21 Å². The Hall–Kier alpha value is -2.20. The molecule has 9 heteroatoms. The van der Waals surface area contributed by atoms with Crippen molar-refractivity contribution in [1.29, 1.82) is 0 Å². The molecule has 1 aromatic carbocycles. The van der Waals surface area contributed by atoms with Gasteiger partial charge in [0, 0.05) is 38.4 Å². The van der Waals surface area contributed by atoms with Gasteiger partial charge in [-0.05, 0) is 50.5 Å². The number of para-hydroxylation sites is 1. The lowest BCUT2D eigenvalue weighted by atomic mass is 10.1. The van der Waals surface area contributed by atoms with Crippen LogP contribution in [0.1, 0.15) is 42.8 Å². The number of hydrogen-bond acceptors (Lipinski definition) is 6. The van der Waals surface area contributed by atoms with Gasteiger partial charge in [0.2, 0.25) is 5.09 Å². The maximum atomic E-state index is 12.8. The standard InChI is InChI=1S/C22H29N3O5S/c1-16-13-24(14-17(2)29-16)15-18-7-3-4-8-19(18)23-22(26)20-9-10-21(30-20)31(27,28)25-11-5-6-12-25/h3-4,7-10,16-17H,5-6,11-15H2,1-2H3,(H,23,26). The van der Waals surface area contributed by atoms with Gasteiger partial charge < -0.3 is 14.5 Å². The van der Waals surface area contributed by atoms with Gasteiger partial charge in [0.25, 0.3) is 15.9 Å². The average Bonchev–Trinajstić information content (AvgIpc) is 3.42. The largest absolute Gasteiger partial charge is 0.438 e. The number of nitrogens with zero attached hydrogens (tertiary/aromatic N) is 2. The second kappa shape index (κ2) is 9.12. The highest BCUT2D eigenvalue weighted by Crippen LogP contribution is 2.24. The smallest absolute Gasteiger partial charge is 0.291 e. The van der Waals surface area contributed by atoms with Gasteiger partial charge >= 0.3 is 0 Å². The number of benzene rings is 1. The second-order valence-corrected chi connectivity index (χ2v) is 10.2. The second-order valence-electron chi connectivity index (χ2n) is 8.29. The quantitative estimate of drug-likeness (QED) is 0.732. The Morgan fingerprint density at radius 1 is 1.06 bits per heavy atom. The van der Waals surface area contributed by atoms with Crippen LogP contribution in [0.4, 0.5) is 5.69 Å². The number of nitrogens with one attached hydrogen (secondary N) is 1. The third-order valence-corrected chi connectivity index (χ3v) is 7.39. The molecule has 0 aliphatic carbocycles. The Morgan fingerprint density at radius 3 is 2.45 bits per heavy atom. The normalized spacial score (nSPS) is 23.2. The lowest BCUT2D eigenvalue weighted by Crippen LogP contribution is -2.44. The van der Waals surface area contributed by atoms with E-state index in [-0.39, 0.29) is 23.1 Å². The Balaban J connectivity index is 1.46. The number of sulfonamides is 1. The first-order valence-electron chi connectivity index (χ1n) is 10.7. The highest BCUT2D eigenvalue weighted by molar-refractivity contribution is 7.89. The molecule has 0 saturated carbocycles. The van der Waals surface area contributed by atoms with E-state index in [1.807, 2.05) is 24.3 Å². The minimum atomic E-state index is -3.69. The number of morpholine rings is 1. The molecule has 1 N–H and O–H groups in total. The average molecular weight is 448 g/mol. The van der Waals surface area contributed by atoms with Crippen molar-refractivity contribution in [3.8, 4) is 0 Å². The highest BCUT2D eigenvalue weighted by Gasteiger charge is 2.31. The van der Waals surface area contributed by atoms with Gasteiger partial charge in [0.05, 0.1) is 12.2 Å². The third kappa shape index (κ3) is 5.01. The Labute approximate surface area is 183 Å². The van der Waals surface area contributed by atoms with Gasteiger partial charge in [-0.3, -0.25) is 9.69 Å². The molecule has 168 valence electrons. The van der Waals surface area contributed by atoms with Crippen molar-refractivity contribution in [2.24, 2.45) is 0 Å². The first-order valence-corrected chi connectivity index (χ1v) is 12.1. The summed E-state index contributed by atoms with van der Waals surface area (Å²) >= 11 is 0. The van der Waals surface area contributed by atoms with Crippen LogP contribution in [-0.4, -0.2) is 61.9 Å². The first-order chi connectivity index (χ1) is 14.8. The number of furan rings is 1. The van der Waals surface area contributed by atoms with Crippen molar-refractivity contribution >= 4 is 21.6 Å². The van der Waals surface area contributed by atoms with Crippen LogP contribution in [0.2, 0.25) is 0 Å². The van der Waals surface area contributed by atoms with Crippen LogP contribution in [0.3, 0.4) is 0 Å². The third-order valence-electron chi connectivity index (χ3n) is 5.62. The zero-order valence-electron chi connectivity index (χ0n) is 17.9. The summed E-state index contributed by atoms with van der Waals surface area (Å²) in [7, 11) is -3.69. The van der Waals surface area contributed by atoms with Gasteiger partial charge in [-0.25, -0.2) is 8.42 Å². The molecule has 2 saturated heterocycles. The number of amides is 1. The molecule has 4 rings (SSSR count). The van der Waals surface area contributed by atoms with Crippen molar-refractivity contribution in [3.05, 3.63) is 47.7 Å². The topological polar surface area (TPSA) is 92.1 Å². The molecule has 3 heterocycles. The van der Waals surface area contributed by atoms with E-state index in [0.29, 0.717) is 25.3 Å². The molecule has 0 spiro atoms. The molecular weight excluding hydrogens is 418 g/mol. The summed E-state index contributed by atoms with van der Waals surface area (Å²) in [6.07, 6.45) is 1.99. The predicted molar refractivity (Wildman–Crippen MR) is 116 cm³/mol. The molecule has 8 nitrogen and oxygen atoms in total. The van der Waals surface area contributed by atoms with E-state index in [2.05, 4.69) is 24.1 Å². The molecule has 2 unspecified atom stereocenters. The summed E-state index contributed by atoms with van der Waals surface area (Å²) in [5.41, 5.74) is 1.66. The van der Waals surface area contributed by atoms with E-state index in [9.17, 15) is 13.2 Å². The number of rotatable bonds is 6. The Bertz CT molecular complexity index is 1020. The van der Waals surface area contributed by atoms with E-state index < -0.39 is 15.9 Å². The molecular formula is C22H29N3O5S. The fourth-order valence-electron chi connectivity index (χ4n) is 4.25. The van der Waals surface area contributed by atoms with E-state index in [1.54, 1.807) is 0 Å². The summed E-state index contributed by atoms with van der Waals surface area (Å²) in [4.78, 5) is 15.1. The van der Waals surface area contributed by atoms with E-state index >= 15 is 0 Å². The molecule has 2 atom stereocenters. The minimum Gasteiger partial charge on any atom is -0.438 e. The highest BCUT2D eigenvalue weighted by atomic mass is 32.2. The lowest BCUT2D eigenvalue weighted by Gasteiger charge is -2.35. The summed E-state index contributed by atoms with van der Waals surface area (Å²) in [5, 5.41) is 2.68. The first kappa shape index (κ1) is 22.0. The summed E-state index contributed by atoms with van der Waals surface area (Å²) in [6, 6.07) is 10.4. The van der Waals surface area contributed by atoms with Crippen molar-refractivity contribution < 1.29 is 22.4 Å². The molecule has 31 heavy (non-hydrogen) atoms. The number of carbonyl (C=O) groups is 1. The fraction of sp³-hybridized carbons (Fsp3) is 0.500. The van der Waals surface area contributed by atoms with E-state index in [4.69, 9.17) is 9.15 Å². The van der Waals surface area contributed by atoms with Gasteiger partial charge in [0.1, 0.15) is 0 Å². The molecule has 1 amide bonds. The monoisotopic (exact) mass is 447 g/mol.